The molecule has 4 fully saturated rings. The number of urea groups is 2. The van der Waals surface area contributed by atoms with Crippen molar-refractivity contribution in [1.29, 1.82) is 0 Å². The number of likely N-dealkylation sites (tertiary alicyclic amines) is 2. The molecule has 10 nitrogen and oxygen atoms in total. The van der Waals surface area contributed by atoms with Crippen LogP contribution in [0, 0.1) is 0 Å². The van der Waals surface area contributed by atoms with E-state index in [9.17, 15) is 19.2 Å². The monoisotopic (exact) mass is 476 g/mol. The zero-order chi connectivity index (χ0) is 23.9. The van der Waals surface area contributed by atoms with Crippen LogP contribution in [0.25, 0.3) is 0 Å². The van der Waals surface area contributed by atoms with Crippen LogP contribution in [0.1, 0.15) is 64.2 Å². The predicted octanol–water partition coefficient (Wildman–Crippen LogP) is 1.36. The summed E-state index contributed by atoms with van der Waals surface area (Å²) in [6, 6.07) is -1.31. The molecule has 4 aliphatic heterocycles. The fourth-order valence-electron chi connectivity index (χ4n) is 5.52. The number of hydrogen-bond acceptors (Lipinski definition) is 6. The van der Waals surface area contributed by atoms with E-state index in [2.05, 4.69) is 20.4 Å². The summed E-state index contributed by atoms with van der Waals surface area (Å²) >= 11 is 0. The molecule has 2 atom stereocenters. The Morgan fingerprint density at radius 3 is 1.29 bits per heavy atom. The number of imide groups is 2. The molecular formula is C24H40N6O4. The fourth-order valence-corrected chi connectivity index (χ4v) is 5.52. The smallest absolute Gasteiger partial charge is 0.324 e. The first kappa shape index (κ1) is 24.9. The number of hydrogen-bond donors (Lipinski definition) is 2. The van der Waals surface area contributed by atoms with E-state index in [-0.39, 0.29) is 23.9 Å². The molecule has 6 amide bonds. The number of rotatable bonds is 13. The average molecular weight is 477 g/mol. The number of nitrogens with one attached hydrogen (secondary N) is 2. The van der Waals surface area contributed by atoms with Crippen molar-refractivity contribution < 1.29 is 19.2 Å². The van der Waals surface area contributed by atoms with E-state index in [1.807, 2.05) is 0 Å². The van der Waals surface area contributed by atoms with Crippen LogP contribution in [0.5, 0.6) is 0 Å². The molecule has 2 N–H and O–H groups in total. The molecular weight excluding hydrogens is 436 g/mol. The predicted molar refractivity (Wildman–Crippen MR) is 127 cm³/mol. The molecule has 34 heavy (non-hydrogen) atoms. The average Bonchev–Trinajstić information content (AvgIpc) is 3.60. The molecule has 4 heterocycles. The van der Waals surface area contributed by atoms with Gasteiger partial charge in [0.25, 0.3) is 11.8 Å². The summed E-state index contributed by atoms with van der Waals surface area (Å²) in [5.41, 5.74) is 0. The molecule has 0 radical (unpaired) electrons. The molecule has 0 aliphatic carbocycles. The largest absolute Gasteiger partial charge is 0.324 e. The van der Waals surface area contributed by atoms with Gasteiger partial charge in [0.15, 0.2) is 0 Å². The van der Waals surface area contributed by atoms with E-state index >= 15 is 0 Å². The molecule has 10 heteroatoms. The lowest BCUT2D eigenvalue weighted by Gasteiger charge is -2.18. The Kier molecular flexibility index (Phi) is 8.77. The minimum atomic E-state index is -0.397. The van der Waals surface area contributed by atoms with Crippen LogP contribution in [0.2, 0.25) is 0 Å². The van der Waals surface area contributed by atoms with Crippen LogP contribution in [0.3, 0.4) is 0 Å². The van der Waals surface area contributed by atoms with Gasteiger partial charge in [-0.15, -0.1) is 0 Å². The molecule has 4 saturated heterocycles. The second kappa shape index (κ2) is 12.0. The first-order valence-electron chi connectivity index (χ1n) is 13.2. The lowest BCUT2D eigenvalue weighted by Crippen LogP contribution is -2.41. The van der Waals surface area contributed by atoms with Crippen LogP contribution >= 0.6 is 0 Å². The Hall–Kier alpha value is -2.20. The zero-order valence-corrected chi connectivity index (χ0v) is 20.3. The summed E-state index contributed by atoms with van der Waals surface area (Å²) in [6.45, 7) is 6.23. The maximum atomic E-state index is 12.6. The van der Waals surface area contributed by atoms with Gasteiger partial charge in [0, 0.05) is 26.2 Å². The molecule has 2 unspecified atom stereocenters. The number of unbranched alkanes of at least 4 members (excludes halogenated alkanes) is 5. The standard InChI is InChI=1S/C24H40N6O4/c31-21-19(17-27-11-7-8-12-27)25-23(33)29(21)15-5-3-1-2-4-6-16-30-22(32)20(26-24(30)34)18-28-13-9-10-14-28/h19-20H,1-18H2,(H,25,33)(H,26,34). The number of carbonyl (C=O) groups is 4. The highest BCUT2D eigenvalue weighted by molar-refractivity contribution is 6.04. The van der Waals surface area contributed by atoms with Crippen LogP contribution in [0.15, 0.2) is 0 Å². The van der Waals surface area contributed by atoms with Gasteiger partial charge in [0.2, 0.25) is 0 Å². The summed E-state index contributed by atoms with van der Waals surface area (Å²) in [4.78, 5) is 56.7. The molecule has 4 aliphatic rings. The van der Waals surface area contributed by atoms with Gasteiger partial charge < -0.3 is 20.4 Å². The van der Waals surface area contributed by atoms with Crippen LogP contribution in [-0.4, -0.2) is 108 Å². The highest BCUT2D eigenvalue weighted by atomic mass is 16.2. The molecule has 0 aromatic rings. The molecule has 0 bridgehead atoms. The number of amides is 6. The zero-order valence-electron chi connectivity index (χ0n) is 20.3. The summed E-state index contributed by atoms with van der Waals surface area (Å²) < 4.78 is 0. The van der Waals surface area contributed by atoms with E-state index in [4.69, 9.17) is 0 Å². The van der Waals surface area contributed by atoms with Gasteiger partial charge in [-0.25, -0.2) is 9.59 Å². The van der Waals surface area contributed by atoms with Crippen molar-refractivity contribution in [3.63, 3.8) is 0 Å². The minimum Gasteiger partial charge on any atom is -0.324 e. The van der Waals surface area contributed by atoms with Crippen molar-refractivity contribution in [3.8, 4) is 0 Å². The van der Waals surface area contributed by atoms with E-state index in [1.165, 1.54) is 35.5 Å². The molecule has 0 aromatic heterocycles. The SMILES string of the molecule is O=C1NC(CN2CCCC2)C(=O)N1CCCCCCCCN1C(=O)NC(CN2CCCC2)C1=O. The van der Waals surface area contributed by atoms with Crippen molar-refractivity contribution in [2.75, 3.05) is 52.4 Å². The van der Waals surface area contributed by atoms with Crippen molar-refractivity contribution in [3.05, 3.63) is 0 Å². The van der Waals surface area contributed by atoms with E-state index in [0.717, 1.165) is 64.7 Å². The minimum absolute atomic E-state index is 0.0894. The quantitative estimate of drug-likeness (QED) is 0.307. The highest BCUT2D eigenvalue weighted by Crippen LogP contribution is 2.16. The van der Waals surface area contributed by atoms with Gasteiger partial charge in [-0.05, 0) is 64.7 Å². The van der Waals surface area contributed by atoms with Gasteiger partial charge in [0.1, 0.15) is 12.1 Å². The molecule has 4 rings (SSSR count). The van der Waals surface area contributed by atoms with Crippen molar-refractivity contribution in [2.45, 2.75) is 76.3 Å². The van der Waals surface area contributed by atoms with E-state index in [1.54, 1.807) is 0 Å². The second-order valence-corrected chi connectivity index (χ2v) is 10.1. The summed E-state index contributed by atoms with van der Waals surface area (Å²) in [6.07, 6.45) is 10.2. The lowest BCUT2D eigenvalue weighted by atomic mass is 10.1. The third kappa shape index (κ3) is 6.27. The first-order valence-corrected chi connectivity index (χ1v) is 13.2. The van der Waals surface area contributed by atoms with Gasteiger partial charge in [0.05, 0.1) is 0 Å². The van der Waals surface area contributed by atoms with Crippen LogP contribution in [0.4, 0.5) is 9.59 Å². The fraction of sp³-hybridized carbons (Fsp3) is 0.833. The lowest BCUT2D eigenvalue weighted by molar-refractivity contribution is -0.128. The van der Waals surface area contributed by atoms with E-state index < -0.39 is 12.1 Å². The Balaban J connectivity index is 1.05. The topological polar surface area (TPSA) is 105 Å². The molecule has 0 saturated carbocycles. The summed E-state index contributed by atoms with van der Waals surface area (Å²) in [5.74, 6) is -0.179. The summed E-state index contributed by atoms with van der Waals surface area (Å²) in [7, 11) is 0. The first-order chi connectivity index (χ1) is 16.5. The highest BCUT2D eigenvalue weighted by Gasteiger charge is 2.39. The molecule has 0 aromatic carbocycles. The van der Waals surface area contributed by atoms with Gasteiger partial charge >= 0.3 is 12.1 Å². The maximum Gasteiger partial charge on any atom is 0.324 e. The van der Waals surface area contributed by atoms with Crippen LogP contribution in [-0.2, 0) is 9.59 Å². The van der Waals surface area contributed by atoms with Gasteiger partial charge in [-0.3, -0.25) is 19.4 Å². The molecule has 190 valence electrons. The van der Waals surface area contributed by atoms with Crippen molar-refractivity contribution >= 4 is 23.9 Å². The Morgan fingerprint density at radius 1 is 0.559 bits per heavy atom. The summed E-state index contributed by atoms with van der Waals surface area (Å²) in [5, 5.41) is 5.67. The van der Waals surface area contributed by atoms with Gasteiger partial charge in [-0.2, -0.15) is 0 Å². The maximum absolute atomic E-state index is 12.6. The van der Waals surface area contributed by atoms with Crippen molar-refractivity contribution in [2.24, 2.45) is 0 Å². The Labute approximate surface area is 202 Å². The number of carbonyl (C=O) groups excluding carboxylic acids is 4. The molecule has 0 spiro atoms. The van der Waals surface area contributed by atoms with Crippen LogP contribution < -0.4 is 10.6 Å². The van der Waals surface area contributed by atoms with Gasteiger partial charge in [-0.1, -0.05) is 25.7 Å². The Bertz CT molecular complexity index is 688. The Morgan fingerprint density at radius 2 is 0.912 bits per heavy atom. The number of nitrogens with zero attached hydrogens (tertiary/aromatic N) is 4. The third-order valence-corrected chi connectivity index (χ3v) is 7.51. The normalized spacial score (nSPS) is 26.2. The second-order valence-electron chi connectivity index (χ2n) is 10.1. The van der Waals surface area contributed by atoms with E-state index in [0.29, 0.717) is 26.2 Å². The van der Waals surface area contributed by atoms with Crippen molar-refractivity contribution in [1.82, 2.24) is 30.2 Å². The third-order valence-electron chi connectivity index (χ3n) is 7.51.